The topological polar surface area (TPSA) is 4.93 Å². The van der Waals surface area contributed by atoms with Crippen molar-refractivity contribution in [3.63, 3.8) is 0 Å². The number of nitrogens with zero attached hydrogens (tertiary/aromatic N) is 1. The molecule has 2 heteroatoms. The van der Waals surface area contributed by atoms with Crippen LogP contribution in [0.3, 0.4) is 0 Å². The Morgan fingerprint density at radius 1 is 0.500 bits per heavy atom. The number of rotatable bonds is 11. The average molecular weight is 683 g/mol. The molecule has 0 radical (unpaired) electrons. The van der Waals surface area contributed by atoms with E-state index < -0.39 is 18.4 Å². The first kappa shape index (κ1) is 29.4. The van der Waals surface area contributed by atoms with Gasteiger partial charge in [0.05, 0.1) is 0 Å². The van der Waals surface area contributed by atoms with E-state index in [1.807, 2.05) is 0 Å². The summed E-state index contributed by atoms with van der Waals surface area (Å²) in [5.74, 6) is 0. The molecule has 2 heterocycles. The number of benzene rings is 5. The third-order valence-electron chi connectivity index (χ3n) is 10.3. The molecule has 0 saturated carbocycles. The molecule has 7 rings (SSSR count). The second kappa shape index (κ2) is 12.6. The molecule has 0 unspecified atom stereocenters. The van der Waals surface area contributed by atoms with Gasteiger partial charge < -0.3 is 0 Å². The summed E-state index contributed by atoms with van der Waals surface area (Å²) in [6.45, 7) is 7.13. The van der Waals surface area contributed by atoms with Crippen molar-refractivity contribution in [3.05, 3.63) is 109 Å². The van der Waals surface area contributed by atoms with Gasteiger partial charge in [-0.3, -0.25) is 0 Å². The van der Waals surface area contributed by atoms with E-state index in [0.717, 1.165) is 0 Å². The third-order valence-corrected chi connectivity index (χ3v) is 25.9. The van der Waals surface area contributed by atoms with Crippen LogP contribution in [0.25, 0.3) is 60.9 Å². The standard InChI is InChI=1S/C30H18N.3C4H9.Sn/c1-2-9-20(10-3-1)21-17-18-25-22-11-4-5-12-23(22)26-14-8-15-27-24-13-6-7-16-28(24)31(30(26)27)29(25)19-21;3*1-3-4-2;/h1-2,4-19H;3*1,3-4H2,2H3;. The van der Waals surface area contributed by atoms with Crippen molar-refractivity contribution in [1.82, 2.24) is 4.57 Å². The second-order valence-electron chi connectivity index (χ2n) is 13.0. The van der Waals surface area contributed by atoms with E-state index in [9.17, 15) is 0 Å². The number of hydrogen-bond donors (Lipinski definition) is 0. The molecule has 0 N–H and O–H groups in total. The van der Waals surface area contributed by atoms with E-state index >= 15 is 0 Å². The van der Waals surface area contributed by atoms with E-state index in [-0.39, 0.29) is 0 Å². The second-order valence-corrected chi connectivity index (χ2v) is 26.2. The molecular weight excluding hydrogens is 637 g/mol. The van der Waals surface area contributed by atoms with Crippen molar-refractivity contribution in [2.45, 2.75) is 72.6 Å². The van der Waals surface area contributed by atoms with Crippen LogP contribution >= 0.6 is 0 Å². The molecule has 1 aliphatic heterocycles. The molecule has 0 bridgehead atoms. The molecule has 222 valence electrons. The van der Waals surface area contributed by atoms with Crippen molar-refractivity contribution >= 4 is 43.8 Å². The Bertz CT molecular complexity index is 1920. The van der Waals surface area contributed by atoms with Crippen LogP contribution in [0.1, 0.15) is 59.3 Å². The summed E-state index contributed by atoms with van der Waals surface area (Å²) in [6, 6.07) is 41.9. The summed E-state index contributed by atoms with van der Waals surface area (Å²) in [4.78, 5) is 0. The SMILES string of the molecule is CCC[CH2][Sn]([CH2]CCC)([CH2]CCC)[c]1cccc(-c2ccc3c(c2)-n2c4ccccc4c4cccc(c42)-c2ccccc2-3)c1. The molecule has 1 aliphatic rings. The number of hydrogen-bond acceptors (Lipinski definition) is 0. The Morgan fingerprint density at radius 2 is 1.09 bits per heavy atom. The Morgan fingerprint density at radius 3 is 1.82 bits per heavy atom. The molecule has 0 spiro atoms. The van der Waals surface area contributed by atoms with E-state index in [1.54, 1.807) is 3.58 Å². The molecule has 0 amide bonds. The predicted molar refractivity (Wildman–Crippen MR) is 195 cm³/mol. The number of aromatic nitrogens is 1. The van der Waals surface area contributed by atoms with Crippen LogP contribution in [-0.4, -0.2) is 22.9 Å². The zero-order valence-electron chi connectivity index (χ0n) is 26.7. The summed E-state index contributed by atoms with van der Waals surface area (Å²) in [5.41, 5.74) is 11.9. The van der Waals surface area contributed by atoms with Gasteiger partial charge in [-0.15, -0.1) is 0 Å². The molecule has 0 aliphatic carbocycles. The van der Waals surface area contributed by atoms with E-state index in [4.69, 9.17) is 0 Å². The van der Waals surface area contributed by atoms with Gasteiger partial charge in [0.25, 0.3) is 0 Å². The van der Waals surface area contributed by atoms with Crippen LogP contribution in [0.4, 0.5) is 0 Å². The van der Waals surface area contributed by atoms with Crippen LogP contribution in [0.5, 0.6) is 0 Å². The van der Waals surface area contributed by atoms with E-state index in [2.05, 4.69) is 135 Å². The van der Waals surface area contributed by atoms with Gasteiger partial charge in [0.2, 0.25) is 0 Å². The van der Waals surface area contributed by atoms with E-state index in [1.165, 1.54) is 113 Å². The van der Waals surface area contributed by atoms with Crippen LogP contribution in [0.15, 0.2) is 109 Å². The summed E-state index contributed by atoms with van der Waals surface area (Å²) in [6.07, 6.45) is 8.10. The molecule has 1 nitrogen and oxygen atoms in total. The average Bonchev–Trinajstić information content (AvgIpc) is 3.36. The molecule has 6 aromatic rings. The summed E-state index contributed by atoms with van der Waals surface area (Å²) in [7, 11) is 0. The zero-order chi connectivity index (χ0) is 30.1. The van der Waals surface area contributed by atoms with Gasteiger partial charge in [0, 0.05) is 0 Å². The van der Waals surface area contributed by atoms with Crippen molar-refractivity contribution in [2.24, 2.45) is 0 Å². The van der Waals surface area contributed by atoms with Crippen molar-refractivity contribution < 1.29 is 0 Å². The van der Waals surface area contributed by atoms with Crippen LogP contribution < -0.4 is 3.58 Å². The predicted octanol–water partition coefficient (Wildman–Crippen LogP) is 12.2. The maximum atomic E-state index is 2.64. The van der Waals surface area contributed by atoms with Gasteiger partial charge in [-0.1, -0.05) is 0 Å². The molecule has 44 heavy (non-hydrogen) atoms. The minimum absolute atomic E-state index is 1.28. The number of para-hydroxylation sites is 2. The summed E-state index contributed by atoms with van der Waals surface area (Å²) >= 11 is -2.56. The number of fused-ring (bicyclic) bond motifs is 8. The molecule has 1 aromatic heterocycles. The third kappa shape index (κ3) is 5.02. The summed E-state index contributed by atoms with van der Waals surface area (Å²) in [5, 5.41) is 2.65. The Balaban J connectivity index is 1.44. The molecular formula is C42H45NSn. The normalized spacial score (nSPS) is 12.3. The fraction of sp³-hybridized carbons (Fsp3) is 0.286. The van der Waals surface area contributed by atoms with Gasteiger partial charge in [0.15, 0.2) is 0 Å². The first-order valence-electron chi connectivity index (χ1n) is 17.1. The van der Waals surface area contributed by atoms with Crippen molar-refractivity contribution in [2.75, 3.05) is 0 Å². The quantitative estimate of drug-likeness (QED) is 0.120. The fourth-order valence-corrected chi connectivity index (χ4v) is 24.0. The first-order valence-corrected chi connectivity index (χ1v) is 24.5. The molecule has 0 saturated heterocycles. The fourth-order valence-electron chi connectivity index (χ4n) is 7.95. The Hall–Kier alpha value is -3.30. The van der Waals surface area contributed by atoms with Crippen molar-refractivity contribution in [1.29, 1.82) is 0 Å². The first-order chi connectivity index (χ1) is 21.7. The van der Waals surface area contributed by atoms with Crippen LogP contribution in [0, 0.1) is 0 Å². The van der Waals surface area contributed by atoms with Gasteiger partial charge in [-0.25, -0.2) is 0 Å². The summed E-state index contributed by atoms with van der Waals surface area (Å²) < 4.78 is 8.81. The van der Waals surface area contributed by atoms with Crippen LogP contribution in [-0.2, 0) is 0 Å². The minimum atomic E-state index is -2.56. The van der Waals surface area contributed by atoms with Crippen molar-refractivity contribution in [3.8, 4) is 39.1 Å². The number of unbranched alkanes of at least 4 members (excludes halogenated alkanes) is 3. The Labute approximate surface area is 267 Å². The monoisotopic (exact) mass is 683 g/mol. The van der Waals surface area contributed by atoms with Gasteiger partial charge in [-0.05, 0) is 0 Å². The zero-order valence-corrected chi connectivity index (χ0v) is 29.6. The molecule has 0 fully saturated rings. The van der Waals surface area contributed by atoms with E-state index in [0.29, 0.717) is 0 Å². The molecule has 5 aromatic carbocycles. The van der Waals surface area contributed by atoms with Gasteiger partial charge in [-0.2, -0.15) is 0 Å². The Kier molecular flexibility index (Phi) is 8.42. The molecule has 0 atom stereocenters. The van der Waals surface area contributed by atoms with Gasteiger partial charge in [0.1, 0.15) is 0 Å². The van der Waals surface area contributed by atoms with Crippen LogP contribution in [0.2, 0.25) is 13.3 Å². The van der Waals surface area contributed by atoms with Gasteiger partial charge >= 0.3 is 269 Å². The maximum absolute atomic E-state index is 2.64.